The zero-order valence-electron chi connectivity index (χ0n) is 10.9. The summed E-state index contributed by atoms with van der Waals surface area (Å²) in [6.45, 7) is 4.75. The number of ketones is 2. The molecular weight excluding hydrogens is 274 g/mol. The summed E-state index contributed by atoms with van der Waals surface area (Å²) < 4.78 is 0. The molecule has 0 aliphatic carbocycles. The van der Waals surface area contributed by atoms with Gasteiger partial charge < -0.3 is 5.11 Å². The molecule has 0 amide bonds. The Bertz CT molecular complexity index is 688. The van der Waals surface area contributed by atoms with Gasteiger partial charge in [0.05, 0.1) is 0 Å². The molecule has 102 valence electrons. The number of rotatable bonds is 5. The highest BCUT2D eigenvalue weighted by Crippen LogP contribution is 2.31. The van der Waals surface area contributed by atoms with E-state index in [0.29, 0.717) is 4.88 Å². The lowest BCUT2D eigenvalue weighted by molar-refractivity contribution is -0.134. The van der Waals surface area contributed by atoms with Crippen molar-refractivity contribution < 1.29 is 14.7 Å². The number of pyridine rings is 1. The molecule has 0 radical (unpaired) electrons. The van der Waals surface area contributed by atoms with Gasteiger partial charge in [-0.2, -0.15) is 0 Å². The van der Waals surface area contributed by atoms with E-state index in [1.807, 2.05) is 25.1 Å². The number of aliphatic hydroxyl groups is 1. The summed E-state index contributed by atoms with van der Waals surface area (Å²) >= 11 is 1.38. The van der Waals surface area contributed by atoms with E-state index in [1.165, 1.54) is 11.3 Å². The Labute approximate surface area is 120 Å². The van der Waals surface area contributed by atoms with Gasteiger partial charge >= 0.3 is 0 Å². The van der Waals surface area contributed by atoms with E-state index >= 15 is 0 Å². The Morgan fingerprint density at radius 1 is 1.35 bits per heavy atom. The van der Waals surface area contributed by atoms with Crippen LogP contribution in [0.3, 0.4) is 0 Å². The molecule has 0 spiro atoms. The minimum Gasteiger partial charge on any atom is -0.388 e. The molecule has 0 saturated carbocycles. The van der Waals surface area contributed by atoms with Gasteiger partial charge in [0.25, 0.3) is 0 Å². The van der Waals surface area contributed by atoms with Crippen molar-refractivity contribution >= 4 is 28.5 Å². The minimum atomic E-state index is -0.843. The Morgan fingerprint density at radius 2 is 2.10 bits per heavy atom. The highest BCUT2D eigenvalue weighted by Gasteiger charge is 2.19. The Morgan fingerprint density at radius 3 is 2.75 bits per heavy atom. The number of carbonyl (C=O) groups excluding carboxylic acids is 2. The predicted octanol–water partition coefficient (Wildman–Crippen LogP) is 2.26. The summed E-state index contributed by atoms with van der Waals surface area (Å²) in [4.78, 5) is 28.6. The van der Waals surface area contributed by atoms with Gasteiger partial charge in [0.1, 0.15) is 6.61 Å². The van der Waals surface area contributed by atoms with Crippen molar-refractivity contribution in [1.82, 2.24) is 4.98 Å². The molecule has 0 aliphatic heterocycles. The largest absolute Gasteiger partial charge is 0.388 e. The maximum Gasteiger partial charge on any atom is 0.231 e. The standard InChI is InChI=1S/C15H13NO3S/c1-9-7-11(5-6-16-9)14-4-3-13(20-14)10(2)15(19)12(18)8-17/h3-7,17H,2,8H2,1H3. The molecule has 2 aromatic heterocycles. The summed E-state index contributed by atoms with van der Waals surface area (Å²) in [5.74, 6) is -1.59. The molecule has 2 rings (SSSR count). The van der Waals surface area contributed by atoms with Crippen LogP contribution in [0.15, 0.2) is 37.0 Å². The number of aromatic nitrogens is 1. The van der Waals surface area contributed by atoms with Gasteiger partial charge in [-0.1, -0.05) is 6.58 Å². The first-order valence-electron chi connectivity index (χ1n) is 5.93. The van der Waals surface area contributed by atoms with Crippen molar-refractivity contribution in [1.29, 1.82) is 0 Å². The molecule has 4 nitrogen and oxygen atoms in total. The van der Waals surface area contributed by atoms with Gasteiger partial charge in [0.15, 0.2) is 0 Å². The number of aryl methyl sites for hydroxylation is 1. The molecular formula is C15H13NO3S. The SMILES string of the molecule is C=C(C(=O)C(=O)CO)c1ccc(-c2ccnc(C)c2)s1. The van der Waals surface area contributed by atoms with Gasteiger partial charge in [-0.3, -0.25) is 14.6 Å². The molecule has 0 atom stereocenters. The molecule has 0 aromatic carbocycles. The molecule has 0 unspecified atom stereocenters. The van der Waals surface area contributed by atoms with Gasteiger partial charge in [-0.15, -0.1) is 11.3 Å². The van der Waals surface area contributed by atoms with Gasteiger partial charge in [-0.05, 0) is 36.8 Å². The zero-order chi connectivity index (χ0) is 14.7. The van der Waals surface area contributed by atoms with Crippen molar-refractivity contribution in [3.8, 4) is 10.4 Å². The number of hydrogen-bond acceptors (Lipinski definition) is 5. The lowest BCUT2D eigenvalue weighted by Crippen LogP contribution is -2.17. The average Bonchev–Trinajstić information content (AvgIpc) is 2.94. The molecule has 5 heteroatoms. The molecule has 0 saturated heterocycles. The second-order valence-electron chi connectivity index (χ2n) is 4.24. The Kier molecular flexibility index (Phi) is 4.22. The quantitative estimate of drug-likeness (QED) is 0.676. The number of carbonyl (C=O) groups is 2. The second-order valence-corrected chi connectivity index (χ2v) is 5.32. The first-order chi connectivity index (χ1) is 9.52. The van der Waals surface area contributed by atoms with Gasteiger partial charge in [-0.25, -0.2) is 0 Å². The van der Waals surface area contributed by atoms with Crippen LogP contribution < -0.4 is 0 Å². The highest BCUT2D eigenvalue weighted by atomic mass is 32.1. The number of nitrogens with zero attached hydrogens (tertiary/aromatic N) is 1. The van der Waals surface area contributed by atoms with Crippen LogP contribution in [0, 0.1) is 6.92 Å². The summed E-state index contributed by atoms with van der Waals surface area (Å²) in [6, 6.07) is 7.45. The lowest BCUT2D eigenvalue weighted by Gasteiger charge is -2.00. The molecule has 1 N–H and O–H groups in total. The van der Waals surface area contributed by atoms with E-state index in [9.17, 15) is 9.59 Å². The Hall–Kier alpha value is -2.11. The molecule has 20 heavy (non-hydrogen) atoms. The van der Waals surface area contributed by atoms with Crippen LogP contribution in [0.25, 0.3) is 16.0 Å². The van der Waals surface area contributed by atoms with Crippen LogP contribution in [0.1, 0.15) is 10.6 Å². The lowest BCUT2D eigenvalue weighted by atomic mass is 10.1. The van der Waals surface area contributed by atoms with Crippen LogP contribution in [0.2, 0.25) is 0 Å². The fourth-order valence-electron chi connectivity index (χ4n) is 1.71. The molecule has 2 aromatic rings. The third-order valence-electron chi connectivity index (χ3n) is 2.76. The third-order valence-corrected chi connectivity index (χ3v) is 3.95. The summed E-state index contributed by atoms with van der Waals surface area (Å²) in [6.07, 6.45) is 1.72. The third kappa shape index (κ3) is 2.89. The number of aliphatic hydroxyl groups excluding tert-OH is 1. The summed E-state index contributed by atoms with van der Waals surface area (Å²) in [7, 11) is 0. The number of allylic oxidation sites excluding steroid dienone is 1. The van der Waals surface area contributed by atoms with Crippen LogP contribution in [-0.2, 0) is 9.59 Å². The fraction of sp³-hybridized carbons (Fsp3) is 0.133. The van der Waals surface area contributed by atoms with Crippen molar-refractivity contribution in [3.63, 3.8) is 0 Å². The normalized spacial score (nSPS) is 10.3. The average molecular weight is 287 g/mol. The number of hydrogen-bond donors (Lipinski definition) is 1. The van der Waals surface area contributed by atoms with E-state index < -0.39 is 18.2 Å². The topological polar surface area (TPSA) is 67.3 Å². The zero-order valence-corrected chi connectivity index (χ0v) is 11.7. The van der Waals surface area contributed by atoms with E-state index in [0.717, 1.165) is 16.1 Å². The first-order valence-corrected chi connectivity index (χ1v) is 6.75. The maximum atomic E-state index is 11.7. The smallest absolute Gasteiger partial charge is 0.231 e. The van der Waals surface area contributed by atoms with Gasteiger partial charge in [0.2, 0.25) is 11.6 Å². The van der Waals surface area contributed by atoms with Crippen molar-refractivity contribution in [2.45, 2.75) is 6.92 Å². The fourth-order valence-corrected chi connectivity index (χ4v) is 2.68. The van der Waals surface area contributed by atoms with Crippen molar-refractivity contribution in [2.75, 3.05) is 6.61 Å². The minimum absolute atomic E-state index is 0.117. The van der Waals surface area contributed by atoms with E-state index in [-0.39, 0.29) is 5.57 Å². The molecule has 0 aliphatic rings. The predicted molar refractivity (Wildman–Crippen MR) is 78.4 cm³/mol. The second kappa shape index (κ2) is 5.90. The van der Waals surface area contributed by atoms with E-state index in [1.54, 1.807) is 12.3 Å². The van der Waals surface area contributed by atoms with Crippen molar-refractivity contribution in [2.24, 2.45) is 0 Å². The first kappa shape index (κ1) is 14.3. The number of thiophene rings is 1. The monoisotopic (exact) mass is 287 g/mol. The van der Waals surface area contributed by atoms with Crippen LogP contribution in [0.5, 0.6) is 0 Å². The van der Waals surface area contributed by atoms with E-state index in [2.05, 4.69) is 11.6 Å². The summed E-state index contributed by atoms with van der Waals surface area (Å²) in [5.41, 5.74) is 2.02. The van der Waals surface area contributed by atoms with Crippen LogP contribution in [0.4, 0.5) is 0 Å². The Balaban J connectivity index is 2.27. The molecule has 0 fully saturated rings. The van der Waals surface area contributed by atoms with Crippen LogP contribution in [-0.4, -0.2) is 28.3 Å². The maximum absolute atomic E-state index is 11.7. The molecule has 2 heterocycles. The van der Waals surface area contributed by atoms with E-state index in [4.69, 9.17) is 5.11 Å². The van der Waals surface area contributed by atoms with Crippen molar-refractivity contribution in [3.05, 3.63) is 47.6 Å². The van der Waals surface area contributed by atoms with Gasteiger partial charge in [0, 0.05) is 27.2 Å². The molecule has 0 bridgehead atoms. The highest BCUT2D eigenvalue weighted by molar-refractivity contribution is 7.17. The van der Waals surface area contributed by atoms with Crippen LogP contribution >= 0.6 is 11.3 Å². The number of Topliss-reactive ketones (excluding diaryl/α,β-unsaturated/α-hetero) is 2. The summed E-state index contributed by atoms with van der Waals surface area (Å²) in [5, 5.41) is 8.70.